The number of likely N-dealkylation sites (tertiary alicyclic amines) is 1. The molecular formula is C16H19NO3. The highest BCUT2D eigenvalue weighted by molar-refractivity contribution is 5.89. The van der Waals surface area contributed by atoms with Gasteiger partial charge in [0.2, 0.25) is 0 Å². The lowest BCUT2D eigenvalue weighted by molar-refractivity contribution is -0.153. The van der Waals surface area contributed by atoms with Crippen LogP contribution < -0.4 is 0 Å². The van der Waals surface area contributed by atoms with Crippen molar-refractivity contribution < 1.29 is 14.3 Å². The maximum Gasteiger partial charge on any atom is 0.317 e. The minimum Gasteiger partial charge on any atom is -0.455 e. The van der Waals surface area contributed by atoms with Gasteiger partial charge < -0.3 is 9.64 Å². The summed E-state index contributed by atoms with van der Waals surface area (Å²) in [7, 11) is 0. The van der Waals surface area contributed by atoms with Crippen molar-refractivity contribution in [2.75, 3.05) is 19.7 Å². The van der Waals surface area contributed by atoms with Gasteiger partial charge in [-0.1, -0.05) is 30.3 Å². The molecule has 20 heavy (non-hydrogen) atoms. The molecule has 106 valence electrons. The molecule has 0 bridgehead atoms. The molecule has 1 aromatic rings. The quantitative estimate of drug-likeness (QED) is 0.787. The van der Waals surface area contributed by atoms with E-state index in [1.807, 2.05) is 30.3 Å². The fourth-order valence-electron chi connectivity index (χ4n) is 2.82. The molecule has 1 aromatic carbocycles. The first kappa shape index (κ1) is 13.2. The molecule has 2 fully saturated rings. The van der Waals surface area contributed by atoms with Crippen LogP contribution in [-0.2, 0) is 19.7 Å². The van der Waals surface area contributed by atoms with Crippen molar-refractivity contribution in [2.45, 2.75) is 31.1 Å². The van der Waals surface area contributed by atoms with Gasteiger partial charge in [0, 0.05) is 13.1 Å². The number of ether oxygens (including phenoxy) is 1. The normalized spacial score (nSPS) is 19.7. The zero-order valence-electron chi connectivity index (χ0n) is 11.5. The van der Waals surface area contributed by atoms with E-state index in [0.29, 0.717) is 0 Å². The smallest absolute Gasteiger partial charge is 0.317 e. The molecule has 0 spiro atoms. The van der Waals surface area contributed by atoms with Crippen LogP contribution >= 0.6 is 0 Å². The van der Waals surface area contributed by atoms with Crippen molar-refractivity contribution in [2.24, 2.45) is 0 Å². The summed E-state index contributed by atoms with van der Waals surface area (Å²) < 4.78 is 5.27. The Morgan fingerprint density at radius 3 is 2.35 bits per heavy atom. The Kier molecular flexibility index (Phi) is 3.47. The lowest BCUT2D eigenvalue weighted by atomic mass is 9.96. The van der Waals surface area contributed by atoms with Crippen molar-refractivity contribution in [3.8, 4) is 0 Å². The molecule has 0 N–H and O–H groups in total. The van der Waals surface area contributed by atoms with Crippen molar-refractivity contribution >= 4 is 11.9 Å². The van der Waals surface area contributed by atoms with Gasteiger partial charge in [-0.15, -0.1) is 0 Å². The Hall–Kier alpha value is -1.84. The summed E-state index contributed by atoms with van der Waals surface area (Å²) in [6.45, 7) is 1.47. The molecule has 1 heterocycles. The van der Waals surface area contributed by atoms with Gasteiger partial charge in [-0.2, -0.15) is 0 Å². The molecule has 0 atom stereocenters. The van der Waals surface area contributed by atoms with Crippen LogP contribution in [0, 0.1) is 0 Å². The number of carbonyl (C=O) groups excluding carboxylic acids is 2. The summed E-state index contributed by atoms with van der Waals surface area (Å²) in [5.74, 6) is -0.323. The van der Waals surface area contributed by atoms with Gasteiger partial charge in [-0.25, -0.2) is 0 Å². The fourth-order valence-corrected chi connectivity index (χ4v) is 2.82. The van der Waals surface area contributed by atoms with Crippen molar-refractivity contribution in [3.05, 3.63) is 35.9 Å². The van der Waals surface area contributed by atoms with Gasteiger partial charge in [0.1, 0.15) is 0 Å². The van der Waals surface area contributed by atoms with E-state index in [9.17, 15) is 9.59 Å². The highest BCUT2D eigenvalue weighted by Gasteiger charge is 2.52. The standard InChI is InChI=1S/C16H19NO3/c18-14(17-10-4-5-11-17)12-20-15(19)16(8-9-16)13-6-2-1-3-7-13/h1-3,6-7H,4-5,8-12H2. The van der Waals surface area contributed by atoms with Gasteiger partial charge >= 0.3 is 5.97 Å². The van der Waals surface area contributed by atoms with Crippen molar-refractivity contribution in [1.82, 2.24) is 4.90 Å². The van der Waals surface area contributed by atoms with E-state index in [2.05, 4.69) is 0 Å². The van der Waals surface area contributed by atoms with E-state index in [-0.39, 0.29) is 18.5 Å². The molecule has 0 unspecified atom stereocenters. The lowest BCUT2D eigenvalue weighted by Gasteiger charge is -2.18. The van der Waals surface area contributed by atoms with E-state index in [0.717, 1.165) is 44.3 Å². The Balaban J connectivity index is 1.58. The zero-order valence-corrected chi connectivity index (χ0v) is 11.5. The number of amides is 1. The minimum absolute atomic E-state index is 0.0697. The minimum atomic E-state index is -0.494. The second-order valence-electron chi connectivity index (χ2n) is 5.61. The topological polar surface area (TPSA) is 46.6 Å². The number of hydrogen-bond acceptors (Lipinski definition) is 3. The van der Waals surface area contributed by atoms with Crippen molar-refractivity contribution in [1.29, 1.82) is 0 Å². The maximum absolute atomic E-state index is 12.3. The third-order valence-corrected chi connectivity index (χ3v) is 4.25. The molecule has 0 aromatic heterocycles. The molecule has 4 nitrogen and oxygen atoms in total. The number of esters is 1. The van der Waals surface area contributed by atoms with Gasteiger partial charge in [-0.3, -0.25) is 9.59 Å². The van der Waals surface area contributed by atoms with Crippen LogP contribution in [0.5, 0.6) is 0 Å². The van der Waals surface area contributed by atoms with E-state index in [1.165, 1.54) is 0 Å². The Morgan fingerprint density at radius 1 is 1.10 bits per heavy atom. The molecule has 1 saturated carbocycles. The number of benzene rings is 1. The second-order valence-corrected chi connectivity index (χ2v) is 5.61. The lowest BCUT2D eigenvalue weighted by Crippen LogP contribution is -2.34. The number of nitrogens with zero attached hydrogens (tertiary/aromatic N) is 1. The first-order chi connectivity index (χ1) is 9.72. The molecule has 0 radical (unpaired) electrons. The first-order valence-electron chi connectivity index (χ1n) is 7.23. The van der Waals surface area contributed by atoms with Gasteiger partial charge in [0.15, 0.2) is 6.61 Å². The summed E-state index contributed by atoms with van der Waals surface area (Å²) in [5, 5.41) is 0. The summed E-state index contributed by atoms with van der Waals surface area (Å²) >= 11 is 0. The molecule has 1 saturated heterocycles. The summed E-state index contributed by atoms with van der Waals surface area (Å²) in [6, 6.07) is 9.70. The monoisotopic (exact) mass is 273 g/mol. The highest BCUT2D eigenvalue weighted by atomic mass is 16.5. The Labute approximate surface area is 118 Å². The van der Waals surface area contributed by atoms with E-state index >= 15 is 0 Å². The largest absolute Gasteiger partial charge is 0.455 e. The molecule has 3 rings (SSSR count). The molecular weight excluding hydrogens is 254 g/mol. The highest BCUT2D eigenvalue weighted by Crippen LogP contribution is 2.49. The van der Waals surface area contributed by atoms with Crippen LogP contribution in [0.25, 0.3) is 0 Å². The number of carbonyl (C=O) groups is 2. The average Bonchev–Trinajstić information content (AvgIpc) is 3.12. The van der Waals surface area contributed by atoms with Crippen LogP contribution in [0.3, 0.4) is 0 Å². The first-order valence-corrected chi connectivity index (χ1v) is 7.23. The van der Waals surface area contributed by atoms with Crippen LogP contribution in [0.1, 0.15) is 31.2 Å². The molecule has 1 amide bonds. The zero-order chi connectivity index (χ0) is 14.0. The van der Waals surface area contributed by atoms with E-state index in [1.54, 1.807) is 4.90 Å². The second kappa shape index (κ2) is 5.27. The number of rotatable bonds is 4. The summed E-state index contributed by atoms with van der Waals surface area (Å²) in [5.41, 5.74) is 0.505. The fraction of sp³-hybridized carbons (Fsp3) is 0.500. The summed E-state index contributed by atoms with van der Waals surface area (Å²) in [6.07, 6.45) is 3.72. The van der Waals surface area contributed by atoms with E-state index in [4.69, 9.17) is 4.74 Å². The van der Waals surface area contributed by atoms with E-state index < -0.39 is 5.41 Å². The molecule has 2 aliphatic rings. The van der Waals surface area contributed by atoms with Gasteiger partial charge in [0.05, 0.1) is 5.41 Å². The Morgan fingerprint density at radius 2 is 1.75 bits per heavy atom. The van der Waals surface area contributed by atoms with Crippen LogP contribution in [0.15, 0.2) is 30.3 Å². The van der Waals surface area contributed by atoms with Crippen LogP contribution in [-0.4, -0.2) is 36.5 Å². The van der Waals surface area contributed by atoms with Gasteiger partial charge in [-0.05, 0) is 31.2 Å². The number of hydrogen-bond donors (Lipinski definition) is 0. The third kappa shape index (κ3) is 2.42. The molecule has 1 aliphatic heterocycles. The molecule has 4 heteroatoms. The van der Waals surface area contributed by atoms with Crippen molar-refractivity contribution in [3.63, 3.8) is 0 Å². The maximum atomic E-state index is 12.3. The third-order valence-electron chi connectivity index (χ3n) is 4.25. The predicted molar refractivity (Wildman–Crippen MR) is 74.1 cm³/mol. The predicted octanol–water partition coefficient (Wildman–Crippen LogP) is 1.88. The van der Waals surface area contributed by atoms with Crippen LogP contribution in [0.4, 0.5) is 0 Å². The SMILES string of the molecule is O=C(COC(=O)C1(c2ccccc2)CC1)N1CCCC1. The molecule has 1 aliphatic carbocycles. The van der Waals surface area contributed by atoms with Crippen LogP contribution in [0.2, 0.25) is 0 Å². The Bertz CT molecular complexity index is 502. The summed E-state index contributed by atoms with van der Waals surface area (Å²) in [4.78, 5) is 25.9. The van der Waals surface area contributed by atoms with Gasteiger partial charge in [0.25, 0.3) is 5.91 Å². The average molecular weight is 273 g/mol.